The summed E-state index contributed by atoms with van der Waals surface area (Å²) in [6.07, 6.45) is 0. The summed E-state index contributed by atoms with van der Waals surface area (Å²) in [6, 6.07) is 8.44. The minimum absolute atomic E-state index is 0.111. The minimum Gasteiger partial charge on any atom is -0.277 e. The average molecular weight is 459 g/mol. The highest BCUT2D eigenvalue weighted by Crippen LogP contribution is 2.29. The molecular weight excluding hydrogens is 439 g/mol. The molecule has 0 aliphatic heterocycles. The molecule has 0 spiro atoms. The maximum Gasteiger partial charge on any atom is 0.270 e. The molecule has 0 fully saturated rings. The van der Waals surface area contributed by atoms with Crippen LogP contribution >= 0.6 is 23.2 Å². The average Bonchev–Trinajstić information content (AvgIpc) is 2.68. The van der Waals surface area contributed by atoms with E-state index in [1.54, 1.807) is 39.0 Å². The van der Waals surface area contributed by atoms with Gasteiger partial charge in [0.05, 0.1) is 16.3 Å². The van der Waals surface area contributed by atoms with Crippen LogP contribution in [0.25, 0.3) is 0 Å². The summed E-state index contributed by atoms with van der Waals surface area (Å²) in [7, 11) is -3.97. The molecule has 156 valence electrons. The number of benzene rings is 2. The van der Waals surface area contributed by atoms with Gasteiger partial charge in [-0.15, -0.1) is 0 Å². The summed E-state index contributed by atoms with van der Waals surface area (Å²) in [5, 5.41) is 16.2. The zero-order valence-electron chi connectivity index (χ0n) is 16.0. The molecule has 2 rings (SSSR count). The van der Waals surface area contributed by atoms with E-state index >= 15 is 0 Å². The number of nitro benzene ring substituents is 1. The minimum atomic E-state index is -3.97. The maximum atomic E-state index is 13.0. The maximum absolute atomic E-state index is 13.0. The number of hydrazone groups is 1. The van der Waals surface area contributed by atoms with Crippen molar-refractivity contribution in [1.29, 1.82) is 0 Å². The standard InChI is InChI=1S/C18H20Cl2N4O4S/c1-4-23(5-2)29(27,28)18-11-14(24(25)26)7-9-17(18)22-21-12(3)15-10-13(19)6-8-16(15)20/h6-11,22H,4-5H2,1-3H3/b21-12-. The smallest absolute Gasteiger partial charge is 0.270 e. The van der Waals surface area contributed by atoms with Crippen LogP contribution in [0.4, 0.5) is 11.4 Å². The fraction of sp³-hybridized carbons (Fsp3) is 0.278. The molecule has 11 heteroatoms. The second kappa shape index (κ2) is 9.53. The van der Waals surface area contributed by atoms with Crippen molar-refractivity contribution in [3.63, 3.8) is 0 Å². The Kier molecular flexibility index (Phi) is 7.59. The topological polar surface area (TPSA) is 105 Å². The predicted octanol–water partition coefficient (Wildman–Crippen LogP) is 4.77. The Morgan fingerprint density at radius 2 is 1.83 bits per heavy atom. The fourth-order valence-electron chi connectivity index (χ4n) is 2.61. The van der Waals surface area contributed by atoms with Gasteiger partial charge in [-0.25, -0.2) is 8.42 Å². The zero-order chi connectivity index (χ0) is 21.8. The molecule has 0 amide bonds. The van der Waals surface area contributed by atoms with Gasteiger partial charge in [0.1, 0.15) is 4.90 Å². The summed E-state index contributed by atoms with van der Waals surface area (Å²) < 4.78 is 27.2. The lowest BCUT2D eigenvalue weighted by atomic mass is 10.1. The van der Waals surface area contributed by atoms with Crippen LogP contribution < -0.4 is 5.43 Å². The van der Waals surface area contributed by atoms with E-state index in [0.29, 0.717) is 21.3 Å². The van der Waals surface area contributed by atoms with Crippen molar-refractivity contribution in [2.75, 3.05) is 18.5 Å². The van der Waals surface area contributed by atoms with E-state index in [9.17, 15) is 18.5 Å². The molecule has 0 heterocycles. The van der Waals surface area contributed by atoms with Crippen molar-refractivity contribution in [2.45, 2.75) is 25.7 Å². The molecule has 8 nitrogen and oxygen atoms in total. The van der Waals surface area contributed by atoms with Gasteiger partial charge in [0.25, 0.3) is 5.69 Å². The molecule has 0 atom stereocenters. The third-order valence-corrected chi connectivity index (χ3v) is 6.82. The van der Waals surface area contributed by atoms with Crippen LogP contribution in [0.2, 0.25) is 10.0 Å². The van der Waals surface area contributed by atoms with Crippen LogP contribution in [0, 0.1) is 10.1 Å². The van der Waals surface area contributed by atoms with Crippen molar-refractivity contribution in [1.82, 2.24) is 4.31 Å². The summed E-state index contributed by atoms with van der Waals surface area (Å²) in [6.45, 7) is 5.50. The van der Waals surface area contributed by atoms with Crippen LogP contribution in [0.1, 0.15) is 26.3 Å². The quantitative estimate of drug-likeness (QED) is 0.348. The number of nitrogens with zero attached hydrogens (tertiary/aromatic N) is 3. The predicted molar refractivity (Wildman–Crippen MR) is 115 cm³/mol. The molecule has 0 bridgehead atoms. The third-order valence-electron chi connectivity index (χ3n) is 4.16. The lowest BCUT2D eigenvalue weighted by Gasteiger charge is -2.20. The normalized spacial score (nSPS) is 12.3. The zero-order valence-corrected chi connectivity index (χ0v) is 18.3. The molecule has 0 saturated heterocycles. The number of nitro groups is 1. The van der Waals surface area contributed by atoms with E-state index in [-0.39, 0.29) is 29.4 Å². The van der Waals surface area contributed by atoms with Gasteiger partial charge in [-0.2, -0.15) is 9.41 Å². The first-order valence-electron chi connectivity index (χ1n) is 8.66. The van der Waals surface area contributed by atoms with Gasteiger partial charge >= 0.3 is 0 Å². The second-order valence-electron chi connectivity index (χ2n) is 5.96. The van der Waals surface area contributed by atoms with Gasteiger partial charge in [0.15, 0.2) is 0 Å². The Labute approximate surface area is 179 Å². The molecule has 0 aliphatic rings. The molecule has 29 heavy (non-hydrogen) atoms. The highest BCUT2D eigenvalue weighted by molar-refractivity contribution is 7.89. The van der Waals surface area contributed by atoms with Crippen molar-refractivity contribution >= 4 is 50.3 Å². The van der Waals surface area contributed by atoms with Crippen LogP contribution in [0.5, 0.6) is 0 Å². The number of halogens is 2. The molecule has 1 N–H and O–H groups in total. The number of nitrogens with one attached hydrogen (secondary N) is 1. The number of hydrogen-bond acceptors (Lipinski definition) is 6. The summed E-state index contributed by atoms with van der Waals surface area (Å²) in [5.41, 5.74) is 3.50. The number of sulfonamides is 1. The lowest BCUT2D eigenvalue weighted by Crippen LogP contribution is -2.31. The Balaban J connectivity index is 2.52. The summed E-state index contributed by atoms with van der Waals surface area (Å²) in [4.78, 5) is 10.3. The van der Waals surface area contributed by atoms with Crippen LogP contribution in [0.3, 0.4) is 0 Å². The fourth-order valence-corrected chi connectivity index (χ4v) is 4.66. The Morgan fingerprint density at radius 3 is 2.41 bits per heavy atom. The number of rotatable bonds is 8. The highest BCUT2D eigenvalue weighted by Gasteiger charge is 2.27. The molecule has 0 aromatic heterocycles. The van der Waals surface area contributed by atoms with Crippen LogP contribution in [0.15, 0.2) is 46.4 Å². The van der Waals surface area contributed by atoms with Crippen molar-refractivity contribution < 1.29 is 13.3 Å². The van der Waals surface area contributed by atoms with E-state index in [0.717, 1.165) is 6.07 Å². The Bertz CT molecular complexity index is 1050. The molecule has 0 aliphatic carbocycles. The van der Waals surface area contributed by atoms with Gasteiger partial charge < -0.3 is 0 Å². The number of anilines is 1. The monoisotopic (exact) mass is 458 g/mol. The van der Waals surface area contributed by atoms with E-state index in [4.69, 9.17) is 23.2 Å². The first-order chi connectivity index (χ1) is 13.6. The van der Waals surface area contributed by atoms with Gasteiger partial charge in [-0.3, -0.25) is 15.5 Å². The molecule has 2 aromatic carbocycles. The van der Waals surface area contributed by atoms with Crippen molar-refractivity contribution in [3.8, 4) is 0 Å². The van der Waals surface area contributed by atoms with Crippen LogP contribution in [-0.2, 0) is 10.0 Å². The van der Waals surface area contributed by atoms with E-state index < -0.39 is 14.9 Å². The largest absolute Gasteiger partial charge is 0.277 e. The molecule has 2 aromatic rings. The first kappa shape index (κ1) is 23.1. The summed E-state index contributed by atoms with van der Waals surface area (Å²) in [5.74, 6) is 0. The first-order valence-corrected chi connectivity index (χ1v) is 10.9. The Hall–Kier alpha value is -2.20. The number of hydrogen-bond donors (Lipinski definition) is 1. The second-order valence-corrected chi connectivity index (χ2v) is 8.71. The van der Waals surface area contributed by atoms with Crippen LogP contribution in [-0.4, -0.2) is 36.4 Å². The van der Waals surface area contributed by atoms with Gasteiger partial charge in [0.2, 0.25) is 10.0 Å². The van der Waals surface area contributed by atoms with E-state index in [1.165, 1.54) is 16.4 Å². The highest BCUT2D eigenvalue weighted by atomic mass is 35.5. The Morgan fingerprint density at radius 1 is 1.17 bits per heavy atom. The van der Waals surface area contributed by atoms with Gasteiger partial charge in [-0.05, 0) is 31.2 Å². The molecule has 0 radical (unpaired) electrons. The molecule has 0 saturated carbocycles. The van der Waals surface area contributed by atoms with E-state index in [2.05, 4.69) is 10.5 Å². The van der Waals surface area contributed by atoms with Crippen molar-refractivity contribution in [2.24, 2.45) is 5.10 Å². The molecule has 0 unspecified atom stereocenters. The number of non-ortho nitro benzene ring substituents is 1. The van der Waals surface area contributed by atoms with Gasteiger partial charge in [-0.1, -0.05) is 37.0 Å². The van der Waals surface area contributed by atoms with E-state index in [1.807, 2.05) is 0 Å². The summed E-state index contributed by atoms with van der Waals surface area (Å²) >= 11 is 12.2. The van der Waals surface area contributed by atoms with Gasteiger partial charge in [0, 0.05) is 40.8 Å². The third kappa shape index (κ3) is 5.24. The lowest BCUT2D eigenvalue weighted by molar-refractivity contribution is -0.385. The van der Waals surface area contributed by atoms with Crippen molar-refractivity contribution in [3.05, 3.63) is 62.1 Å². The molecular formula is C18H20Cl2N4O4S. The SMILES string of the molecule is CCN(CC)S(=O)(=O)c1cc([N+](=O)[O-])ccc1N/N=C(/C)c1cc(Cl)ccc1Cl.